The van der Waals surface area contributed by atoms with E-state index in [4.69, 9.17) is 4.74 Å². The van der Waals surface area contributed by atoms with E-state index in [0.29, 0.717) is 36.0 Å². The second-order valence-corrected chi connectivity index (χ2v) is 5.32. The monoisotopic (exact) mass is 282 g/mol. The number of aryl methyl sites for hydroxylation is 2. The first kappa shape index (κ1) is 13.8. The van der Waals surface area contributed by atoms with E-state index in [2.05, 4.69) is 9.97 Å². The minimum absolute atomic E-state index is 0.0712. The molecule has 1 aliphatic heterocycles. The van der Waals surface area contributed by atoms with Crippen LogP contribution in [0.2, 0.25) is 0 Å². The summed E-state index contributed by atoms with van der Waals surface area (Å²) in [6.07, 6.45) is 1.19. The molecule has 2 rings (SSSR count). The lowest BCUT2D eigenvalue weighted by atomic mass is 10.2. The van der Waals surface area contributed by atoms with E-state index in [1.54, 1.807) is 6.92 Å². The second kappa shape index (κ2) is 5.56. The Hall–Kier alpha value is -1.63. The zero-order valence-electron chi connectivity index (χ0n) is 10.7. The Morgan fingerprint density at radius 2 is 2.26 bits per heavy atom. The highest BCUT2D eigenvalue weighted by molar-refractivity contribution is 8.00. The summed E-state index contributed by atoms with van der Waals surface area (Å²) < 4.78 is 4.87. The molecule has 2 heterocycles. The maximum atomic E-state index is 11.5. The van der Waals surface area contributed by atoms with Crippen molar-refractivity contribution in [3.8, 4) is 0 Å². The first-order chi connectivity index (χ1) is 9.02. The van der Waals surface area contributed by atoms with Gasteiger partial charge in [-0.1, -0.05) is 18.7 Å². The van der Waals surface area contributed by atoms with Gasteiger partial charge in [0, 0.05) is 12.8 Å². The number of carboxylic acid groups (broad SMARTS) is 1. The van der Waals surface area contributed by atoms with Gasteiger partial charge < -0.3 is 9.84 Å². The van der Waals surface area contributed by atoms with Crippen molar-refractivity contribution >= 4 is 23.7 Å². The number of ether oxygens (including phenoxy) is 1. The number of hydrogen-bond donors (Lipinski definition) is 1. The van der Waals surface area contributed by atoms with Gasteiger partial charge >= 0.3 is 11.9 Å². The van der Waals surface area contributed by atoms with E-state index in [0.717, 1.165) is 11.8 Å². The second-order valence-electron chi connectivity index (χ2n) is 4.13. The quantitative estimate of drug-likeness (QED) is 0.660. The number of cyclic esters (lactones) is 1. The predicted octanol–water partition coefficient (Wildman–Crippen LogP) is 1.45. The maximum Gasteiger partial charge on any atom is 0.340 e. The average Bonchev–Trinajstić information content (AvgIpc) is 2.73. The van der Waals surface area contributed by atoms with Crippen LogP contribution in [0.15, 0.2) is 5.03 Å². The molecule has 0 bridgehead atoms. The summed E-state index contributed by atoms with van der Waals surface area (Å²) in [6, 6.07) is 0. The van der Waals surface area contributed by atoms with Crippen LogP contribution < -0.4 is 0 Å². The Morgan fingerprint density at radius 1 is 1.53 bits per heavy atom. The van der Waals surface area contributed by atoms with Crippen molar-refractivity contribution in [3.63, 3.8) is 0 Å². The molecule has 0 saturated carbocycles. The van der Waals surface area contributed by atoms with Crippen LogP contribution in [-0.4, -0.2) is 38.9 Å². The highest BCUT2D eigenvalue weighted by atomic mass is 32.2. The van der Waals surface area contributed by atoms with Gasteiger partial charge in [-0.2, -0.15) is 0 Å². The van der Waals surface area contributed by atoms with Crippen molar-refractivity contribution < 1.29 is 19.4 Å². The largest absolute Gasteiger partial charge is 0.478 e. The van der Waals surface area contributed by atoms with Crippen LogP contribution in [0.1, 0.15) is 35.2 Å². The number of aromatic carboxylic acids is 1. The number of nitrogens with zero attached hydrogens (tertiary/aromatic N) is 2. The fraction of sp³-hybridized carbons (Fsp3) is 0.500. The number of esters is 1. The number of carbonyl (C=O) groups excluding carboxylic acids is 1. The highest BCUT2D eigenvalue weighted by Crippen LogP contribution is 2.31. The Kier molecular flexibility index (Phi) is 4.04. The zero-order valence-corrected chi connectivity index (χ0v) is 11.5. The molecular weight excluding hydrogens is 268 g/mol. The summed E-state index contributed by atoms with van der Waals surface area (Å²) in [4.78, 5) is 31.1. The summed E-state index contributed by atoms with van der Waals surface area (Å²) >= 11 is 1.15. The molecule has 1 atom stereocenters. The lowest BCUT2D eigenvalue weighted by Gasteiger charge is -2.11. The van der Waals surface area contributed by atoms with Crippen molar-refractivity contribution in [2.75, 3.05) is 6.61 Å². The molecule has 7 heteroatoms. The fourth-order valence-corrected chi connectivity index (χ4v) is 2.97. The molecule has 102 valence electrons. The standard InChI is InChI=1S/C12H14N2O4S/c1-3-8-13-6(2)9(11(15)16)10(14-8)19-7-4-5-18-12(7)17/h7H,3-5H2,1-2H3,(H,15,16). The van der Waals surface area contributed by atoms with Crippen LogP contribution in [0.5, 0.6) is 0 Å². The van der Waals surface area contributed by atoms with Gasteiger partial charge in [0.2, 0.25) is 0 Å². The van der Waals surface area contributed by atoms with Gasteiger partial charge in [-0.05, 0) is 6.92 Å². The van der Waals surface area contributed by atoms with E-state index in [-0.39, 0.29) is 16.8 Å². The Labute approximate surface area is 114 Å². The number of carbonyl (C=O) groups is 2. The van der Waals surface area contributed by atoms with E-state index < -0.39 is 5.97 Å². The SMILES string of the molecule is CCc1nc(C)c(C(=O)O)c(SC2CCOC2=O)n1. The van der Waals surface area contributed by atoms with Crippen LogP contribution in [-0.2, 0) is 16.0 Å². The molecule has 1 unspecified atom stereocenters. The lowest BCUT2D eigenvalue weighted by Crippen LogP contribution is -2.14. The summed E-state index contributed by atoms with van der Waals surface area (Å²) in [6.45, 7) is 3.92. The summed E-state index contributed by atoms with van der Waals surface area (Å²) in [5.41, 5.74) is 0.495. The van der Waals surface area contributed by atoms with Crippen LogP contribution in [0.4, 0.5) is 0 Å². The number of rotatable bonds is 4. The van der Waals surface area contributed by atoms with Gasteiger partial charge in [-0.3, -0.25) is 4.79 Å². The van der Waals surface area contributed by atoms with Crippen LogP contribution in [0.25, 0.3) is 0 Å². The summed E-state index contributed by atoms with van der Waals surface area (Å²) in [5.74, 6) is -0.805. The van der Waals surface area contributed by atoms with Crippen LogP contribution >= 0.6 is 11.8 Å². The van der Waals surface area contributed by atoms with E-state index in [1.165, 1.54) is 0 Å². The van der Waals surface area contributed by atoms with Crippen molar-refractivity contribution in [3.05, 3.63) is 17.1 Å². The maximum absolute atomic E-state index is 11.5. The van der Waals surface area contributed by atoms with Crippen LogP contribution in [0.3, 0.4) is 0 Å². The Balaban J connectivity index is 2.38. The van der Waals surface area contributed by atoms with Gasteiger partial charge in [0.15, 0.2) is 0 Å². The minimum atomic E-state index is -1.07. The smallest absolute Gasteiger partial charge is 0.340 e. The van der Waals surface area contributed by atoms with Crippen molar-refractivity contribution in [1.82, 2.24) is 9.97 Å². The summed E-state index contributed by atoms with van der Waals surface area (Å²) in [5, 5.41) is 9.21. The van der Waals surface area contributed by atoms with Gasteiger partial charge in [0.05, 0.1) is 12.3 Å². The van der Waals surface area contributed by atoms with Crippen molar-refractivity contribution in [2.24, 2.45) is 0 Å². The van der Waals surface area contributed by atoms with Gasteiger partial charge in [0.25, 0.3) is 0 Å². The minimum Gasteiger partial charge on any atom is -0.478 e. The molecule has 0 aromatic carbocycles. The molecular formula is C12H14N2O4S. The highest BCUT2D eigenvalue weighted by Gasteiger charge is 2.30. The third-order valence-corrected chi connectivity index (χ3v) is 4.01. The Bertz CT molecular complexity index is 533. The Morgan fingerprint density at radius 3 is 2.79 bits per heavy atom. The molecule has 19 heavy (non-hydrogen) atoms. The zero-order chi connectivity index (χ0) is 14.0. The van der Waals surface area contributed by atoms with Gasteiger partial charge in [-0.25, -0.2) is 14.8 Å². The molecule has 0 amide bonds. The lowest BCUT2D eigenvalue weighted by molar-refractivity contribution is -0.137. The molecule has 1 aromatic heterocycles. The summed E-state index contributed by atoms with van der Waals surface area (Å²) in [7, 11) is 0. The van der Waals surface area contributed by atoms with Gasteiger partial charge in [-0.15, -0.1) is 0 Å². The molecule has 0 radical (unpaired) electrons. The number of aromatic nitrogens is 2. The third kappa shape index (κ3) is 2.86. The molecule has 1 N–H and O–H groups in total. The molecule has 1 aliphatic rings. The number of carboxylic acids is 1. The van der Waals surface area contributed by atoms with Crippen LogP contribution in [0, 0.1) is 6.92 Å². The van der Waals surface area contributed by atoms with E-state index in [1.807, 2.05) is 6.92 Å². The fourth-order valence-electron chi connectivity index (χ4n) is 1.81. The van der Waals surface area contributed by atoms with Crippen molar-refractivity contribution in [1.29, 1.82) is 0 Å². The molecule has 1 aromatic rings. The van der Waals surface area contributed by atoms with Crippen molar-refractivity contribution in [2.45, 2.75) is 37.0 Å². The van der Waals surface area contributed by atoms with Gasteiger partial charge in [0.1, 0.15) is 21.7 Å². The predicted molar refractivity (Wildman–Crippen MR) is 68.3 cm³/mol. The molecule has 1 saturated heterocycles. The first-order valence-corrected chi connectivity index (χ1v) is 6.85. The normalized spacial score (nSPS) is 18.4. The first-order valence-electron chi connectivity index (χ1n) is 5.97. The molecule has 6 nitrogen and oxygen atoms in total. The average molecular weight is 282 g/mol. The number of thioether (sulfide) groups is 1. The molecule has 0 spiro atoms. The third-order valence-electron chi connectivity index (χ3n) is 2.77. The molecule has 1 fully saturated rings. The topological polar surface area (TPSA) is 89.4 Å². The van der Waals surface area contributed by atoms with E-state index >= 15 is 0 Å². The molecule has 0 aliphatic carbocycles. The van der Waals surface area contributed by atoms with E-state index in [9.17, 15) is 14.7 Å². The number of hydrogen-bond acceptors (Lipinski definition) is 6.